The molecule has 0 fully saturated rings. The van der Waals surface area contributed by atoms with Gasteiger partial charge < -0.3 is 9.84 Å². The van der Waals surface area contributed by atoms with Crippen molar-refractivity contribution in [2.45, 2.75) is 12.8 Å². The van der Waals surface area contributed by atoms with E-state index in [1.807, 2.05) is 54.6 Å². The molecule has 128 valence electrons. The number of aliphatic hydroxyl groups excluding tert-OH is 1. The van der Waals surface area contributed by atoms with E-state index in [0.717, 1.165) is 16.3 Å². The highest BCUT2D eigenvalue weighted by molar-refractivity contribution is 5.93. The van der Waals surface area contributed by atoms with E-state index in [2.05, 4.69) is 0 Å². The SMILES string of the molecule is COC(=O)C1=C(O)/C(=C/c2cccc3ccccc23)CC(C#N)(C#N)C1. The molecule has 0 atom stereocenters. The average Bonchev–Trinajstić information content (AvgIpc) is 2.69. The van der Waals surface area contributed by atoms with Gasteiger partial charge in [-0.2, -0.15) is 10.5 Å². The lowest BCUT2D eigenvalue weighted by molar-refractivity contribution is -0.136. The highest BCUT2D eigenvalue weighted by Gasteiger charge is 2.41. The largest absolute Gasteiger partial charge is 0.507 e. The molecule has 0 saturated carbocycles. The molecular weight excluding hydrogens is 328 g/mol. The summed E-state index contributed by atoms with van der Waals surface area (Å²) in [6.07, 6.45) is 1.60. The molecule has 0 heterocycles. The van der Waals surface area contributed by atoms with Crippen LogP contribution in [-0.2, 0) is 9.53 Å². The second-order valence-electron chi connectivity index (χ2n) is 6.22. The predicted molar refractivity (Wildman–Crippen MR) is 96.5 cm³/mol. The Kier molecular flexibility index (Phi) is 4.47. The molecular formula is C21H16N2O3. The molecule has 0 unspecified atom stereocenters. The van der Waals surface area contributed by atoms with Crippen molar-refractivity contribution in [1.82, 2.24) is 0 Å². The molecule has 2 aromatic rings. The third kappa shape index (κ3) is 2.92. The van der Waals surface area contributed by atoms with Crippen LogP contribution in [0.4, 0.5) is 0 Å². The van der Waals surface area contributed by atoms with Gasteiger partial charge >= 0.3 is 5.97 Å². The number of methoxy groups -OCH3 is 1. The molecule has 0 radical (unpaired) electrons. The van der Waals surface area contributed by atoms with Crippen LogP contribution in [0.15, 0.2) is 59.4 Å². The predicted octanol–water partition coefficient (Wildman–Crippen LogP) is 4.04. The zero-order chi connectivity index (χ0) is 18.7. The van der Waals surface area contributed by atoms with Crippen molar-refractivity contribution in [3.05, 3.63) is 64.9 Å². The van der Waals surface area contributed by atoms with Crippen molar-refractivity contribution >= 4 is 22.8 Å². The van der Waals surface area contributed by atoms with Crippen LogP contribution in [0, 0.1) is 28.1 Å². The van der Waals surface area contributed by atoms with E-state index in [-0.39, 0.29) is 24.2 Å². The number of rotatable bonds is 2. The molecule has 3 rings (SSSR count). The summed E-state index contributed by atoms with van der Waals surface area (Å²) in [6.45, 7) is 0. The summed E-state index contributed by atoms with van der Waals surface area (Å²) < 4.78 is 4.71. The lowest BCUT2D eigenvalue weighted by Crippen LogP contribution is -2.27. The smallest absolute Gasteiger partial charge is 0.337 e. The first-order chi connectivity index (χ1) is 12.5. The van der Waals surface area contributed by atoms with Crippen LogP contribution in [0.1, 0.15) is 18.4 Å². The summed E-state index contributed by atoms with van der Waals surface area (Å²) in [7, 11) is 1.20. The maximum absolute atomic E-state index is 12.0. The fourth-order valence-electron chi connectivity index (χ4n) is 3.21. The zero-order valence-corrected chi connectivity index (χ0v) is 14.2. The molecule has 0 spiro atoms. The van der Waals surface area contributed by atoms with E-state index in [0.29, 0.717) is 5.57 Å². The summed E-state index contributed by atoms with van der Waals surface area (Å²) in [4.78, 5) is 12.0. The summed E-state index contributed by atoms with van der Waals surface area (Å²) in [5.41, 5.74) is -0.253. The first kappa shape index (κ1) is 17.3. The van der Waals surface area contributed by atoms with Gasteiger partial charge in [0.1, 0.15) is 5.76 Å². The minimum Gasteiger partial charge on any atom is -0.507 e. The van der Waals surface area contributed by atoms with Crippen LogP contribution in [0.5, 0.6) is 0 Å². The van der Waals surface area contributed by atoms with Crippen LogP contribution in [0.25, 0.3) is 16.8 Å². The van der Waals surface area contributed by atoms with E-state index in [9.17, 15) is 20.4 Å². The van der Waals surface area contributed by atoms with Gasteiger partial charge in [0.15, 0.2) is 5.41 Å². The molecule has 26 heavy (non-hydrogen) atoms. The Morgan fingerprint density at radius 1 is 1.15 bits per heavy atom. The van der Waals surface area contributed by atoms with Crippen molar-refractivity contribution in [3.8, 4) is 12.1 Å². The van der Waals surface area contributed by atoms with Crippen molar-refractivity contribution < 1.29 is 14.6 Å². The molecule has 1 N–H and O–H groups in total. The van der Waals surface area contributed by atoms with Crippen LogP contribution >= 0.6 is 0 Å². The van der Waals surface area contributed by atoms with E-state index in [1.54, 1.807) is 6.08 Å². The van der Waals surface area contributed by atoms with Gasteiger partial charge in [0.2, 0.25) is 0 Å². The van der Waals surface area contributed by atoms with Gasteiger partial charge in [-0.05, 0) is 28.0 Å². The topological polar surface area (TPSA) is 94.1 Å². The molecule has 5 heteroatoms. The highest BCUT2D eigenvalue weighted by Crippen LogP contribution is 2.42. The molecule has 0 bridgehead atoms. The summed E-state index contributed by atoms with van der Waals surface area (Å²) in [6, 6.07) is 17.5. The molecule has 0 aliphatic heterocycles. The maximum atomic E-state index is 12.0. The lowest BCUT2D eigenvalue weighted by Gasteiger charge is -2.27. The molecule has 5 nitrogen and oxygen atoms in total. The first-order valence-electron chi connectivity index (χ1n) is 8.05. The maximum Gasteiger partial charge on any atom is 0.337 e. The number of nitriles is 2. The third-order valence-electron chi connectivity index (χ3n) is 4.57. The van der Waals surface area contributed by atoms with Gasteiger partial charge in [-0.3, -0.25) is 0 Å². The quantitative estimate of drug-likeness (QED) is 0.830. The number of esters is 1. The first-order valence-corrected chi connectivity index (χ1v) is 8.05. The van der Waals surface area contributed by atoms with Gasteiger partial charge in [-0.1, -0.05) is 42.5 Å². The molecule has 1 aliphatic carbocycles. The van der Waals surface area contributed by atoms with Gasteiger partial charge in [-0.25, -0.2) is 4.79 Å². The second-order valence-corrected chi connectivity index (χ2v) is 6.22. The number of nitrogens with zero attached hydrogens (tertiary/aromatic N) is 2. The number of aliphatic hydroxyl groups is 1. The molecule has 0 aromatic heterocycles. The van der Waals surface area contributed by atoms with Crippen LogP contribution in [0.2, 0.25) is 0 Å². The number of allylic oxidation sites excluding steroid dienone is 1. The Bertz CT molecular complexity index is 1020. The second kappa shape index (κ2) is 6.74. The minimum atomic E-state index is -1.41. The van der Waals surface area contributed by atoms with E-state index >= 15 is 0 Å². The number of benzene rings is 2. The summed E-state index contributed by atoms with van der Waals surface area (Å²) in [5, 5.41) is 31.6. The van der Waals surface area contributed by atoms with E-state index in [1.165, 1.54) is 7.11 Å². The van der Waals surface area contributed by atoms with Crippen LogP contribution in [-0.4, -0.2) is 18.2 Å². The minimum absolute atomic E-state index is 0.0373. The highest BCUT2D eigenvalue weighted by atomic mass is 16.5. The number of ether oxygens (including phenoxy) is 1. The van der Waals surface area contributed by atoms with Crippen LogP contribution in [0.3, 0.4) is 0 Å². The Labute approximate surface area is 151 Å². The number of fused-ring (bicyclic) bond motifs is 1. The summed E-state index contributed by atoms with van der Waals surface area (Å²) >= 11 is 0. The number of hydrogen-bond acceptors (Lipinski definition) is 5. The van der Waals surface area contributed by atoms with Gasteiger partial charge in [-0.15, -0.1) is 0 Å². The van der Waals surface area contributed by atoms with Crippen molar-refractivity contribution in [2.75, 3.05) is 7.11 Å². The van der Waals surface area contributed by atoms with E-state index < -0.39 is 11.4 Å². The zero-order valence-electron chi connectivity index (χ0n) is 14.2. The lowest BCUT2D eigenvalue weighted by atomic mass is 9.73. The number of hydrogen-bond donors (Lipinski definition) is 1. The van der Waals surface area contributed by atoms with Crippen molar-refractivity contribution in [3.63, 3.8) is 0 Å². The van der Waals surface area contributed by atoms with Crippen LogP contribution < -0.4 is 0 Å². The molecule has 1 aliphatic rings. The van der Waals surface area contributed by atoms with E-state index in [4.69, 9.17) is 4.74 Å². The molecule has 0 saturated heterocycles. The number of carbonyl (C=O) groups is 1. The Hall–Kier alpha value is -3.57. The fourth-order valence-corrected chi connectivity index (χ4v) is 3.21. The van der Waals surface area contributed by atoms with Crippen molar-refractivity contribution in [2.24, 2.45) is 5.41 Å². The third-order valence-corrected chi connectivity index (χ3v) is 4.57. The summed E-state index contributed by atoms with van der Waals surface area (Å²) in [5.74, 6) is -0.952. The fraction of sp³-hybridized carbons (Fsp3) is 0.190. The van der Waals surface area contributed by atoms with Crippen molar-refractivity contribution in [1.29, 1.82) is 10.5 Å². The average molecular weight is 344 g/mol. The Morgan fingerprint density at radius 2 is 1.85 bits per heavy atom. The monoisotopic (exact) mass is 344 g/mol. The van der Waals surface area contributed by atoms with Gasteiger partial charge in [0.05, 0.1) is 24.8 Å². The molecule has 0 amide bonds. The van der Waals surface area contributed by atoms with Gasteiger partial charge in [0.25, 0.3) is 0 Å². The molecule has 2 aromatic carbocycles. The van der Waals surface area contributed by atoms with Gasteiger partial charge in [0, 0.05) is 12.8 Å². The standard InChI is InChI=1S/C21H16N2O3/c1-26-20(25)18-11-21(12-22,13-23)10-16(19(18)24)9-15-7-4-6-14-5-2-3-8-17(14)15/h2-9,24H,10-11H2,1H3/b16-9+. The normalized spacial score (nSPS) is 17.6. The number of carbonyl (C=O) groups excluding carboxylic acids is 1. The Balaban J connectivity index is 2.21. The Morgan fingerprint density at radius 3 is 2.54 bits per heavy atom.